The average molecular weight is 518 g/mol. The Morgan fingerprint density at radius 2 is 1.33 bits per heavy atom. The van der Waals surface area contributed by atoms with Crippen molar-refractivity contribution in [2.45, 2.75) is 61.2 Å². The predicted molar refractivity (Wildman–Crippen MR) is 113 cm³/mol. The highest BCUT2D eigenvalue weighted by Gasteiger charge is 2.48. The quantitative estimate of drug-likeness (QED) is 0.169. The SMILES string of the molecule is O=c1ccc2c(O)c([C@H]3O[C@@H](CO)[C@@H](O)[C@@H](O)[C@H]3O)c(O)c(O[C@@H]3O[C@@H](CO)[C@@H](O)[C@@H](O)[C@@H]3O)c2o1. The summed E-state index contributed by atoms with van der Waals surface area (Å²) in [5, 5.41) is 102. The molecule has 0 bridgehead atoms. The van der Waals surface area contributed by atoms with E-state index in [2.05, 4.69) is 0 Å². The monoisotopic (exact) mass is 518 g/mol. The number of benzene rings is 1. The van der Waals surface area contributed by atoms with Gasteiger partial charge in [-0.05, 0) is 6.07 Å². The van der Waals surface area contributed by atoms with Crippen molar-refractivity contribution in [2.75, 3.05) is 13.2 Å². The van der Waals surface area contributed by atoms with Crippen molar-refractivity contribution in [1.29, 1.82) is 0 Å². The number of rotatable bonds is 5. The Bertz CT molecular complexity index is 1150. The van der Waals surface area contributed by atoms with Crippen molar-refractivity contribution in [1.82, 2.24) is 0 Å². The van der Waals surface area contributed by atoms with Crippen LogP contribution in [0.4, 0.5) is 0 Å². The zero-order valence-electron chi connectivity index (χ0n) is 18.4. The van der Waals surface area contributed by atoms with E-state index in [1.165, 1.54) is 0 Å². The van der Waals surface area contributed by atoms with Gasteiger partial charge in [-0.15, -0.1) is 0 Å². The molecule has 0 amide bonds. The van der Waals surface area contributed by atoms with Crippen LogP contribution in [0.15, 0.2) is 21.3 Å². The molecule has 2 aliphatic rings. The van der Waals surface area contributed by atoms with Crippen LogP contribution < -0.4 is 10.4 Å². The summed E-state index contributed by atoms with van der Waals surface area (Å²) < 4.78 is 21.2. The lowest BCUT2D eigenvalue weighted by molar-refractivity contribution is -0.277. The number of phenols is 2. The van der Waals surface area contributed by atoms with Crippen molar-refractivity contribution in [3.63, 3.8) is 0 Å². The molecule has 0 aliphatic carbocycles. The summed E-state index contributed by atoms with van der Waals surface area (Å²) in [6, 6.07) is 1.98. The second kappa shape index (κ2) is 10.1. The van der Waals surface area contributed by atoms with Crippen LogP contribution in [0.5, 0.6) is 17.2 Å². The van der Waals surface area contributed by atoms with E-state index < -0.39 is 108 Å². The van der Waals surface area contributed by atoms with E-state index in [0.717, 1.165) is 12.1 Å². The molecule has 2 fully saturated rings. The first-order chi connectivity index (χ1) is 17.0. The highest BCUT2D eigenvalue weighted by atomic mass is 16.7. The second-order valence-corrected chi connectivity index (χ2v) is 8.50. The van der Waals surface area contributed by atoms with Gasteiger partial charge in [0.2, 0.25) is 12.0 Å². The maximum absolute atomic E-state index is 11.9. The molecule has 36 heavy (non-hydrogen) atoms. The number of aliphatic hydroxyl groups is 8. The molecule has 4 rings (SSSR count). The maximum Gasteiger partial charge on any atom is 0.336 e. The van der Waals surface area contributed by atoms with Gasteiger partial charge in [0.1, 0.15) is 60.7 Å². The highest BCUT2D eigenvalue weighted by molar-refractivity contribution is 5.92. The number of aliphatic hydroxyl groups excluding tert-OH is 8. The van der Waals surface area contributed by atoms with Crippen molar-refractivity contribution < 1.29 is 69.7 Å². The third-order valence-corrected chi connectivity index (χ3v) is 6.28. The van der Waals surface area contributed by atoms with Crippen LogP contribution in [0, 0.1) is 0 Å². The zero-order chi connectivity index (χ0) is 26.5. The minimum Gasteiger partial charge on any atom is -0.507 e. The highest BCUT2D eigenvalue weighted by Crippen LogP contribution is 2.50. The number of ether oxygens (including phenoxy) is 3. The van der Waals surface area contributed by atoms with E-state index in [0.29, 0.717) is 0 Å². The lowest BCUT2D eigenvalue weighted by Gasteiger charge is -2.41. The molecular formula is C21H26O15. The summed E-state index contributed by atoms with van der Waals surface area (Å²) in [5.41, 5.74) is -2.10. The molecule has 200 valence electrons. The van der Waals surface area contributed by atoms with Crippen molar-refractivity contribution in [3.05, 3.63) is 28.1 Å². The minimum absolute atomic E-state index is 0.265. The van der Waals surface area contributed by atoms with E-state index in [9.17, 15) is 55.9 Å². The molecule has 3 heterocycles. The Balaban J connectivity index is 1.86. The first kappa shape index (κ1) is 26.5. The molecule has 0 spiro atoms. The standard InChI is InChI=1S/C21H26O15/c22-3-6-11(26)14(29)16(31)19(33-6)9-10(25)5-1-2-8(24)35-18(5)20(13(9)28)36-21-17(32)15(30)12(27)7(4-23)34-21/h1-2,6-7,11-12,14-17,19,21-23,25-32H,3-4H2/t6-,7-,11+,12+,14+,15+,16+,17-,19+,21-/m0/s1. The van der Waals surface area contributed by atoms with E-state index in [-0.39, 0.29) is 5.39 Å². The summed E-state index contributed by atoms with van der Waals surface area (Å²) in [7, 11) is 0. The van der Waals surface area contributed by atoms with Gasteiger partial charge in [0.05, 0.1) is 24.2 Å². The summed E-state index contributed by atoms with van der Waals surface area (Å²) >= 11 is 0. The second-order valence-electron chi connectivity index (χ2n) is 8.50. The molecule has 2 saturated heterocycles. The first-order valence-corrected chi connectivity index (χ1v) is 10.8. The molecule has 2 aliphatic heterocycles. The van der Waals surface area contributed by atoms with E-state index in [1.54, 1.807) is 0 Å². The maximum atomic E-state index is 11.9. The Morgan fingerprint density at radius 3 is 1.94 bits per heavy atom. The first-order valence-electron chi connectivity index (χ1n) is 10.8. The third-order valence-electron chi connectivity index (χ3n) is 6.28. The summed E-state index contributed by atoms with van der Waals surface area (Å²) in [4.78, 5) is 11.9. The fourth-order valence-corrected chi connectivity index (χ4v) is 4.26. The fraction of sp³-hybridized carbons (Fsp3) is 0.571. The van der Waals surface area contributed by atoms with Crippen LogP contribution in [0.3, 0.4) is 0 Å². The summed E-state index contributed by atoms with van der Waals surface area (Å²) in [6.07, 6.45) is -17.5. The largest absolute Gasteiger partial charge is 0.507 e. The van der Waals surface area contributed by atoms with E-state index >= 15 is 0 Å². The molecule has 15 heteroatoms. The Kier molecular flexibility index (Phi) is 7.40. The third kappa shape index (κ3) is 4.28. The molecule has 0 saturated carbocycles. The van der Waals surface area contributed by atoms with Crippen molar-refractivity contribution in [3.8, 4) is 17.2 Å². The molecular weight excluding hydrogens is 492 g/mol. The van der Waals surface area contributed by atoms with Crippen LogP contribution in [-0.2, 0) is 9.47 Å². The van der Waals surface area contributed by atoms with E-state index in [1.807, 2.05) is 0 Å². The van der Waals surface area contributed by atoms with Crippen LogP contribution in [0.25, 0.3) is 11.0 Å². The van der Waals surface area contributed by atoms with Gasteiger partial charge in [-0.1, -0.05) is 0 Å². The van der Waals surface area contributed by atoms with Gasteiger partial charge in [-0.2, -0.15) is 0 Å². The molecule has 0 unspecified atom stereocenters. The topological polar surface area (TPSA) is 260 Å². The number of fused-ring (bicyclic) bond motifs is 1. The summed E-state index contributed by atoms with van der Waals surface area (Å²) in [6.45, 7) is -1.60. The molecule has 0 radical (unpaired) electrons. The van der Waals surface area contributed by atoms with Gasteiger partial charge in [-0.3, -0.25) is 0 Å². The van der Waals surface area contributed by atoms with Gasteiger partial charge in [0.15, 0.2) is 11.3 Å². The van der Waals surface area contributed by atoms with E-state index in [4.69, 9.17) is 18.6 Å². The normalized spacial score (nSPS) is 37.2. The van der Waals surface area contributed by atoms with Crippen LogP contribution in [-0.4, -0.2) is 119 Å². The average Bonchev–Trinajstić information content (AvgIpc) is 2.86. The molecule has 15 nitrogen and oxygen atoms in total. The van der Waals surface area contributed by atoms with Crippen LogP contribution in [0.1, 0.15) is 11.7 Å². The number of phenolic OH excluding ortho intramolecular Hbond substituents is 2. The minimum atomic E-state index is -1.94. The molecule has 10 N–H and O–H groups in total. The molecule has 1 aromatic heterocycles. The van der Waals surface area contributed by atoms with Crippen LogP contribution in [0.2, 0.25) is 0 Å². The lowest BCUT2D eigenvalue weighted by atomic mass is 9.89. The Hall–Kier alpha value is -2.57. The lowest BCUT2D eigenvalue weighted by Crippen LogP contribution is -2.60. The summed E-state index contributed by atoms with van der Waals surface area (Å²) in [5.74, 6) is -2.54. The smallest absolute Gasteiger partial charge is 0.336 e. The molecule has 10 atom stereocenters. The van der Waals surface area contributed by atoms with Crippen molar-refractivity contribution in [2.24, 2.45) is 0 Å². The molecule has 1 aromatic carbocycles. The zero-order valence-corrected chi connectivity index (χ0v) is 18.4. The van der Waals surface area contributed by atoms with Gasteiger partial charge in [0, 0.05) is 6.07 Å². The van der Waals surface area contributed by atoms with Gasteiger partial charge < -0.3 is 69.7 Å². The number of hydrogen-bond donors (Lipinski definition) is 10. The number of aromatic hydroxyl groups is 2. The van der Waals surface area contributed by atoms with Crippen LogP contribution >= 0.6 is 0 Å². The fourth-order valence-electron chi connectivity index (χ4n) is 4.26. The van der Waals surface area contributed by atoms with Crippen molar-refractivity contribution >= 4 is 11.0 Å². The number of hydrogen-bond acceptors (Lipinski definition) is 15. The van der Waals surface area contributed by atoms with Gasteiger partial charge >= 0.3 is 5.63 Å². The Morgan fingerprint density at radius 1 is 0.750 bits per heavy atom. The van der Waals surface area contributed by atoms with Gasteiger partial charge in [0.25, 0.3) is 0 Å². The Labute approximate surface area is 201 Å². The van der Waals surface area contributed by atoms with Gasteiger partial charge in [-0.25, -0.2) is 4.79 Å². The molecule has 2 aromatic rings. The predicted octanol–water partition coefficient (Wildman–Crippen LogP) is -4.10.